The molecule has 11 nitrogen and oxygen atoms in total. The third-order valence-corrected chi connectivity index (χ3v) is 8.91. The zero-order chi connectivity index (χ0) is 29.2. The summed E-state index contributed by atoms with van der Waals surface area (Å²) in [5.41, 5.74) is -0.173. The predicted octanol–water partition coefficient (Wildman–Crippen LogP) is 2.45. The van der Waals surface area contributed by atoms with E-state index in [0.29, 0.717) is 11.1 Å². The Kier molecular flexibility index (Phi) is 8.31. The second kappa shape index (κ2) is 11.4. The van der Waals surface area contributed by atoms with Gasteiger partial charge in [-0.05, 0) is 51.2 Å². The van der Waals surface area contributed by atoms with Crippen LogP contribution in [0.5, 0.6) is 0 Å². The second-order valence-corrected chi connectivity index (χ2v) is 12.7. The molecular weight excluding hydrogens is 536 g/mol. The molecule has 1 aliphatic rings. The van der Waals surface area contributed by atoms with E-state index in [1.54, 1.807) is 26.0 Å². The Bertz CT molecular complexity index is 1550. The van der Waals surface area contributed by atoms with Gasteiger partial charge >= 0.3 is 15.0 Å². The van der Waals surface area contributed by atoms with Crippen molar-refractivity contribution >= 4 is 38.6 Å². The number of benzene rings is 1. The van der Waals surface area contributed by atoms with Gasteiger partial charge in [-0.3, -0.25) is 14.4 Å². The van der Waals surface area contributed by atoms with Crippen LogP contribution in [0.3, 0.4) is 0 Å². The van der Waals surface area contributed by atoms with Gasteiger partial charge in [-0.1, -0.05) is 32.0 Å². The number of aromatic nitrogens is 1. The summed E-state index contributed by atoms with van der Waals surface area (Å²) in [5, 5.41) is 18.0. The molecule has 2 atom stereocenters. The van der Waals surface area contributed by atoms with E-state index < -0.39 is 50.8 Å². The molecular formula is C28H34N4O7S. The molecule has 0 aliphatic carbocycles. The summed E-state index contributed by atoms with van der Waals surface area (Å²) in [5.74, 6) is -1.49. The molecule has 1 saturated heterocycles. The van der Waals surface area contributed by atoms with E-state index in [1.165, 1.54) is 18.2 Å². The van der Waals surface area contributed by atoms with Crippen LogP contribution in [0.25, 0.3) is 11.0 Å². The monoisotopic (exact) mass is 570 g/mol. The lowest BCUT2D eigenvalue weighted by molar-refractivity contribution is -0.646. The van der Waals surface area contributed by atoms with Crippen LogP contribution in [0.2, 0.25) is 0 Å². The lowest BCUT2D eigenvalue weighted by Crippen LogP contribution is -2.60. The number of rotatable bonds is 8. The molecule has 2 unspecified atom stereocenters. The highest BCUT2D eigenvalue weighted by Gasteiger charge is 2.41. The van der Waals surface area contributed by atoms with Crippen molar-refractivity contribution in [3.05, 3.63) is 65.2 Å². The van der Waals surface area contributed by atoms with Crippen LogP contribution in [-0.4, -0.2) is 55.0 Å². The summed E-state index contributed by atoms with van der Waals surface area (Å²) >= 11 is 0. The number of hydrogen-bond acceptors (Lipinski definition) is 7. The van der Waals surface area contributed by atoms with Crippen LogP contribution < -0.4 is 15.4 Å². The number of carbonyl (C=O) groups excluding carboxylic acids is 3. The molecule has 0 saturated carbocycles. The van der Waals surface area contributed by atoms with E-state index in [2.05, 4.69) is 10.6 Å². The molecule has 2 aromatic heterocycles. The van der Waals surface area contributed by atoms with Crippen LogP contribution in [0, 0.1) is 18.0 Å². The first-order valence-corrected chi connectivity index (χ1v) is 14.6. The van der Waals surface area contributed by atoms with Crippen LogP contribution in [0.15, 0.2) is 58.1 Å². The number of nitrogens with one attached hydrogen (secondary N) is 2. The molecule has 0 spiro atoms. The molecule has 1 aliphatic heterocycles. The van der Waals surface area contributed by atoms with E-state index in [9.17, 15) is 28.0 Å². The topological polar surface area (TPSA) is 153 Å². The van der Waals surface area contributed by atoms with Crippen molar-refractivity contribution < 1.29 is 31.9 Å². The minimum absolute atomic E-state index is 0.0145. The van der Waals surface area contributed by atoms with Gasteiger partial charge in [-0.15, -0.1) is 0 Å². The molecule has 2 N–H and O–H groups in total. The molecule has 3 heterocycles. The number of Topliss-reactive ketones (excluding diaryl/α,β-unsaturated/α-hetero) is 1. The number of ketones is 1. The summed E-state index contributed by atoms with van der Waals surface area (Å²) < 4.78 is 33.1. The van der Waals surface area contributed by atoms with E-state index in [4.69, 9.17) is 4.42 Å². The zero-order valence-corrected chi connectivity index (χ0v) is 23.8. The molecule has 0 radical (unpaired) electrons. The maximum absolute atomic E-state index is 13.6. The molecule has 1 aromatic carbocycles. The molecule has 2 amide bonds. The fourth-order valence-corrected chi connectivity index (χ4v) is 6.60. The Morgan fingerprint density at radius 2 is 1.90 bits per heavy atom. The molecule has 3 aromatic rings. The minimum Gasteiger partial charge on any atom is -0.618 e. The Morgan fingerprint density at radius 1 is 1.20 bits per heavy atom. The third kappa shape index (κ3) is 5.87. The fraction of sp³-hybridized carbons (Fsp3) is 0.429. The molecule has 4 rings (SSSR count). The Morgan fingerprint density at radius 3 is 2.58 bits per heavy atom. The van der Waals surface area contributed by atoms with Crippen molar-refractivity contribution in [1.29, 1.82) is 0 Å². The number of nitrogens with zero attached hydrogens (tertiary/aromatic N) is 2. The van der Waals surface area contributed by atoms with Crippen molar-refractivity contribution in [2.24, 2.45) is 5.92 Å². The smallest absolute Gasteiger partial charge is 0.323 e. The van der Waals surface area contributed by atoms with Crippen molar-refractivity contribution in [1.82, 2.24) is 14.9 Å². The standard InChI is InChI=1S/C28H34N4O7S/c1-18(2)16-28(4,30-26(34)25-19(3)20-10-5-6-12-23(20)39-25)27(35)29-21-11-9-14-31(17-22(21)33)40(37,38)24-13-7-8-15-32(24)36/h5-8,10,12-13,15,18,21H,9,11,14,16-17H2,1-4H3,(H,29,35)(H,30,34). The number of pyridine rings is 1. The van der Waals surface area contributed by atoms with Gasteiger partial charge < -0.3 is 20.3 Å². The quantitative estimate of drug-likeness (QED) is 0.312. The van der Waals surface area contributed by atoms with Crippen molar-refractivity contribution in [2.75, 3.05) is 13.1 Å². The van der Waals surface area contributed by atoms with Crippen LogP contribution >= 0.6 is 0 Å². The normalized spacial score (nSPS) is 18.3. The average molecular weight is 571 g/mol. The van der Waals surface area contributed by atoms with E-state index in [0.717, 1.165) is 15.9 Å². The third-order valence-electron chi connectivity index (χ3n) is 7.08. The van der Waals surface area contributed by atoms with E-state index in [-0.39, 0.29) is 42.2 Å². The summed E-state index contributed by atoms with van der Waals surface area (Å²) in [6.45, 7) is 6.71. The summed E-state index contributed by atoms with van der Waals surface area (Å²) in [7, 11) is -4.22. The Balaban J connectivity index is 1.51. The first-order valence-electron chi connectivity index (χ1n) is 13.2. The Labute approximate surface area is 233 Å². The summed E-state index contributed by atoms with van der Waals surface area (Å²) in [4.78, 5) is 40.1. The molecule has 1 fully saturated rings. The zero-order valence-electron chi connectivity index (χ0n) is 23.0. The van der Waals surface area contributed by atoms with E-state index >= 15 is 0 Å². The number of carbonyl (C=O) groups is 3. The van der Waals surface area contributed by atoms with Gasteiger partial charge in [0.2, 0.25) is 5.91 Å². The average Bonchev–Trinajstić information content (AvgIpc) is 3.11. The fourth-order valence-electron chi connectivity index (χ4n) is 5.13. The molecule has 214 valence electrons. The van der Waals surface area contributed by atoms with Gasteiger partial charge in [0, 0.05) is 29.6 Å². The lowest BCUT2D eigenvalue weighted by Gasteiger charge is -2.32. The highest BCUT2D eigenvalue weighted by molar-refractivity contribution is 7.89. The van der Waals surface area contributed by atoms with Crippen LogP contribution in [0.4, 0.5) is 0 Å². The minimum atomic E-state index is -4.22. The molecule has 40 heavy (non-hydrogen) atoms. The van der Waals surface area contributed by atoms with Gasteiger partial charge in [-0.2, -0.15) is 9.04 Å². The van der Waals surface area contributed by atoms with Gasteiger partial charge in [0.15, 0.2) is 17.7 Å². The van der Waals surface area contributed by atoms with E-state index in [1.807, 2.05) is 26.0 Å². The molecule has 0 bridgehead atoms. The number of hydrogen-bond donors (Lipinski definition) is 2. The van der Waals surface area contributed by atoms with Crippen LogP contribution in [-0.2, 0) is 19.6 Å². The predicted molar refractivity (Wildman–Crippen MR) is 147 cm³/mol. The number of fused-ring (bicyclic) bond motifs is 1. The number of aryl methyl sites for hydroxylation is 1. The maximum Gasteiger partial charge on any atom is 0.323 e. The number of furan rings is 1. The van der Waals surface area contributed by atoms with Crippen molar-refractivity contribution in [3.63, 3.8) is 0 Å². The summed E-state index contributed by atoms with van der Waals surface area (Å²) in [6.07, 6.45) is 1.85. The highest BCUT2D eigenvalue weighted by atomic mass is 32.2. The first kappa shape index (κ1) is 29.2. The maximum atomic E-state index is 13.6. The second-order valence-electron chi connectivity index (χ2n) is 10.8. The summed E-state index contributed by atoms with van der Waals surface area (Å²) in [6, 6.07) is 10.3. The van der Waals surface area contributed by atoms with Crippen LogP contribution in [0.1, 0.15) is 56.2 Å². The number of para-hydroxylation sites is 1. The van der Waals surface area contributed by atoms with Gasteiger partial charge in [0.25, 0.3) is 5.91 Å². The SMILES string of the molecule is Cc1c(C(=O)NC(C)(CC(C)C)C(=O)NC2CCCN(S(=O)(=O)c3cccc[n+]3[O-])CC2=O)oc2ccccc12. The van der Waals surface area contributed by atoms with Crippen molar-refractivity contribution in [3.8, 4) is 0 Å². The lowest BCUT2D eigenvalue weighted by atomic mass is 9.88. The largest absolute Gasteiger partial charge is 0.618 e. The first-order chi connectivity index (χ1) is 18.8. The van der Waals surface area contributed by atoms with Gasteiger partial charge in [-0.25, -0.2) is 8.42 Å². The highest BCUT2D eigenvalue weighted by Crippen LogP contribution is 2.26. The van der Waals surface area contributed by atoms with Gasteiger partial charge in [0.05, 0.1) is 12.6 Å². The van der Waals surface area contributed by atoms with Gasteiger partial charge in [0.1, 0.15) is 11.1 Å². The molecule has 12 heteroatoms. The number of amides is 2. The van der Waals surface area contributed by atoms with Crippen molar-refractivity contribution in [2.45, 2.75) is 63.6 Å². The number of sulfonamides is 1. The Hall–Kier alpha value is -3.77.